The van der Waals surface area contributed by atoms with E-state index in [4.69, 9.17) is 9.47 Å². The Balaban J connectivity index is 0.000000212. The first-order chi connectivity index (χ1) is 18.9. The molecule has 5 rings (SSSR count). The topological polar surface area (TPSA) is 97.4 Å². The van der Waals surface area contributed by atoms with Gasteiger partial charge in [0.1, 0.15) is 23.2 Å². The molecule has 3 aromatic rings. The average Bonchev–Trinajstić information content (AvgIpc) is 3.33. The van der Waals surface area contributed by atoms with E-state index in [0.717, 1.165) is 21.5 Å². The molecule has 2 aliphatic rings. The fraction of sp³-hybridized carbons (Fsp3) is 0.500. The van der Waals surface area contributed by atoms with E-state index in [1.807, 2.05) is 19.1 Å². The number of pyridine rings is 1. The molecule has 8 nitrogen and oxygen atoms in total. The number of benzene rings is 1. The molecule has 2 aromatic heterocycles. The number of aryl methyl sites for hydroxylation is 1. The van der Waals surface area contributed by atoms with Crippen LogP contribution in [-0.4, -0.2) is 69.3 Å². The van der Waals surface area contributed by atoms with Crippen molar-refractivity contribution < 1.29 is 36.6 Å². The van der Waals surface area contributed by atoms with E-state index in [0.29, 0.717) is 24.3 Å². The Labute approximate surface area is 229 Å². The maximum atomic E-state index is 14.4. The summed E-state index contributed by atoms with van der Waals surface area (Å²) in [6.07, 6.45) is -2.29. The average molecular weight is 565 g/mol. The Morgan fingerprint density at radius 1 is 1.23 bits per heavy atom. The van der Waals surface area contributed by atoms with Crippen LogP contribution in [0.15, 0.2) is 36.5 Å². The van der Waals surface area contributed by atoms with Crippen molar-refractivity contribution in [3.63, 3.8) is 0 Å². The van der Waals surface area contributed by atoms with E-state index < -0.39 is 30.1 Å². The third-order valence-electron chi connectivity index (χ3n) is 7.45. The van der Waals surface area contributed by atoms with E-state index in [2.05, 4.69) is 15.2 Å². The summed E-state index contributed by atoms with van der Waals surface area (Å²) < 4.78 is 62.9. The van der Waals surface area contributed by atoms with Crippen molar-refractivity contribution in [2.24, 2.45) is 0 Å². The number of Topliss-reactive ketones (excluding diaryl/α,β-unsaturated/α-hetero) is 1. The first-order valence-electron chi connectivity index (χ1n) is 13.1. The number of nitrogens with one attached hydrogen (secondary N) is 1. The number of alkyl halides is 3. The molecule has 1 amide bonds. The third-order valence-corrected chi connectivity index (χ3v) is 7.45. The predicted octanol–water partition coefficient (Wildman–Crippen LogP) is 5.05. The second kappa shape index (κ2) is 11.5. The van der Waals surface area contributed by atoms with E-state index in [1.165, 1.54) is 13.0 Å². The number of H-pyrrole nitrogens is 1. The van der Waals surface area contributed by atoms with Crippen LogP contribution < -0.4 is 4.74 Å². The highest BCUT2D eigenvalue weighted by Gasteiger charge is 2.52. The molecule has 2 atom stereocenters. The summed E-state index contributed by atoms with van der Waals surface area (Å²) in [7, 11) is 0. The minimum absolute atomic E-state index is 0.0108. The van der Waals surface area contributed by atoms with Gasteiger partial charge >= 0.3 is 6.18 Å². The largest absolute Gasteiger partial charge is 0.474 e. The molecule has 1 N–H and O–H groups in total. The second-order valence-electron chi connectivity index (χ2n) is 10.3. The number of aromatic nitrogens is 3. The van der Waals surface area contributed by atoms with Crippen molar-refractivity contribution in [3.05, 3.63) is 53.5 Å². The van der Waals surface area contributed by atoms with Crippen LogP contribution in [0.25, 0.3) is 11.0 Å². The molecule has 2 unspecified atom stereocenters. The fourth-order valence-corrected chi connectivity index (χ4v) is 5.31. The SMILES string of the molecule is CC(=O)C1(c2c(C)cccc2F)CC(Oc2ccc3[nH]ncc3n2)C1.CCC(=O)N1CC(C)OCC1C(F)(F)F. The van der Waals surface area contributed by atoms with Gasteiger partial charge in [0.05, 0.1) is 29.8 Å². The fourth-order valence-electron chi connectivity index (χ4n) is 5.31. The molecule has 2 fully saturated rings. The van der Waals surface area contributed by atoms with Crippen molar-refractivity contribution in [2.75, 3.05) is 13.2 Å². The number of ether oxygens (including phenoxy) is 2. The van der Waals surface area contributed by atoms with Crippen molar-refractivity contribution >= 4 is 22.7 Å². The van der Waals surface area contributed by atoms with Gasteiger partial charge in [-0.25, -0.2) is 9.37 Å². The molecule has 1 saturated carbocycles. The van der Waals surface area contributed by atoms with Gasteiger partial charge in [-0.15, -0.1) is 0 Å². The Bertz CT molecular complexity index is 1350. The molecule has 1 aliphatic carbocycles. The van der Waals surface area contributed by atoms with Crippen molar-refractivity contribution in [1.29, 1.82) is 0 Å². The number of hydrogen-bond donors (Lipinski definition) is 1. The standard InChI is InChI=1S/C19H18FN3O2.C9H14F3NO2/c1-11-4-3-5-14(20)18(11)19(12(2)24)8-13(9-19)25-17-7-6-15-16(22-17)10-21-23-15;1-3-8(14)13-4-6(2)15-5-7(13)9(10,11)12/h3-7,10,13H,8-9H2,1-2H3,(H,21,23);6-7H,3-5H2,1-2H3. The summed E-state index contributed by atoms with van der Waals surface area (Å²) in [6.45, 7) is 6.12. The molecule has 1 saturated heterocycles. The lowest BCUT2D eigenvalue weighted by Gasteiger charge is -2.46. The van der Waals surface area contributed by atoms with Gasteiger partial charge in [-0.3, -0.25) is 14.7 Å². The number of ketones is 1. The number of aromatic amines is 1. The summed E-state index contributed by atoms with van der Waals surface area (Å²) in [5.41, 5.74) is 2.05. The van der Waals surface area contributed by atoms with Gasteiger partial charge in [0.15, 0.2) is 6.04 Å². The van der Waals surface area contributed by atoms with Crippen LogP contribution in [0.1, 0.15) is 51.2 Å². The Kier molecular flexibility index (Phi) is 8.48. The molecule has 40 heavy (non-hydrogen) atoms. The molecule has 0 radical (unpaired) electrons. The zero-order chi connectivity index (χ0) is 29.2. The van der Waals surface area contributed by atoms with Crippen LogP contribution in [0.2, 0.25) is 0 Å². The van der Waals surface area contributed by atoms with E-state index >= 15 is 0 Å². The molecule has 1 aromatic carbocycles. The maximum Gasteiger partial charge on any atom is 0.411 e. The number of nitrogens with zero attached hydrogens (tertiary/aromatic N) is 3. The van der Waals surface area contributed by atoms with Gasteiger partial charge in [0.25, 0.3) is 0 Å². The number of carbonyl (C=O) groups excluding carboxylic acids is 2. The van der Waals surface area contributed by atoms with Gasteiger partial charge in [-0.1, -0.05) is 19.1 Å². The van der Waals surface area contributed by atoms with Gasteiger partial charge in [-0.05, 0) is 38.5 Å². The molecular formula is C28H32F4N4O4. The number of fused-ring (bicyclic) bond motifs is 1. The zero-order valence-corrected chi connectivity index (χ0v) is 22.7. The van der Waals surface area contributed by atoms with Crippen LogP contribution in [-0.2, 0) is 19.7 Å². The van der Waals surface area contributed by atoms with Crippen LogP contribution in [0.4, 0.5) is 17.6 Å². The lowest BCUT2D eigenvalue weighted by molar-refractivity contribution is -0.221. The summed E-state index contributed by atoms with van der Waals surface area (Å²) >= 11 is 0. The Hall–Kier alpha value is -3.54. The van der Waals surface area contributed by atoms with E-state index in [1.54, 1.807) is 32.2 Å². The first kappa shape index (κ1) is 29.4. The Morgan fingerprint density at radius 2 is 1.95 bits per heavy atom. The summed E-state index contributed by atoms with van der Waals surface area (Å²) in [6, 6.07) is 6.74. The number of morpholine rings is 1. The zero-order valence-electron chi connectivity index (χ0n) is 22.7. The van der Waals surface area contributed by atoms with Crippen LogP contribution in [0, 0.1) is 12.7 Å². The minimum Gasteiger partial charge on any atom is -0.474 e. The number of halogens is 4. The number of rotatable bonds is 5. The minimum atomic E-state index is -4.41. The van der Waals surface area contributed by atoms with E-state index in [-0.39, 0.29) is 36.8 Å². The van der Waals surface area contributed by atoms with Crippen LogP contribution >= 0.6 is 0 Å². The van der Waals surface area contributed by atoms with Gasteiger partial charge < -0.3 is 14.4 Å². The molecule has 3 heterocycles. The summed E-state index contributed by atoms with van der Waals surface area (Å²) in [5.74, 6) is -0.348. The van der Waals surface area contributed by atoms with Gasteiger partial charge in [0, 0.05) is 37.4 Å². The molecule has 12 heteroatoms. The lowest BCUT2D eigenvalue weighted by atomic mass is 9.59. The lowest BCUT2D eigenvalue weighted by Crippen LogP contribution is -2.57. The van der Waals surface area contributed by atoms with Crippen LogP contribution in [0.5, 0.6) is 5.88 Å². The highest BCUT2D eigenvalue weighted by atomic mass is 19.4. The monoisotopic (exact) mass is 564 g/mol. The van der Waals surface area contributed by atoms with Gasteiger partial charge in [0.2, 0.25) is 11.8 Å². The van der Waals surface area contributed by atoms with Crippen molar-refractivity contribution in [3.8, 4) is 5.88 Å². The van der Waals surface area contributed by atoms with E-state index in [9.17, 15) is 27.2 Å². The Morgan fingerprint density at radius 3 is 2.58 bits per heavy atom. The normalized spacial score (nSPS) is 24.6. The quantitative estimate of drug-likeness (QED) is 0.436. The summed E-state index contributed by atoms with van der Waals surface area (Å²) in [5, 5.41) is 6.77. The molecule has 216 valence electrons. The first-order valence-corrected chi connectivity index (χ1v) is 13.1. The van der Waals surface area contributed by atoms with Crippen molar-refractivity contribution in [1.82, 2.24) is 20.1 Å². The smallest absolute Gasteiger partial charge is 0.411 e. The van der Waals surface area contributed by atoms with Crippen LogP contribution in [0.3, 0.4) is 0 Å². The van der Waals surface area contributed by atoms with Crippen molar-refractivity contribution in [2.45, 2.75) is 76.8 Å². The predicted molar refractivity (Wildman–Crippen MR) is 138 cm³/mol. The van der Waals surface area contributed by atoms with Gasteiger partial charge in [-0.2, -0.15) is 18.3 Å². The number of hydrogen-bond acceptors (Lipinski definition) is 6. The maximum absolute atomic E-state index is 14.4. The highest BCUT2D eigenvalue weighted by molar-refractivity contribution is 5.90. The second-order valence-corrected chi connectivity index (χ2v) is 10.3. The number of amides is 1. The third kappa shape index (κ3) is 5.96. The molecule has 0 bridgehead atoms. The molecule has 1 aliphatic heterocycles. The molecular weight excluding hydrogens is 532 g/mol. The number of carbonyl (C=O) groups is 2. The summed E-state index contributed by atoms with van der Waals surface area (Å²) in [4.78, 5) is 28.9. The molecule has 0 spiro atoms. The highest BCUT2D eigenvalue weighted by Crippen LogP contribution is 2.48.